The lowest BCUT2D eigenvalue weighted by molar-refractivity contribution is -0.111. The third-order valence-corrected chi connectivity index (χ3v) is 5.12. The molecule has 0 spiro atoms. The summed E-state index contributed by atoms with van der Waals surface area (Å²) in [4.78, 5) is 13.3. The van der Waals surface area contributed by atoms with Gasteiger partial charge >= 0.3 is 0 Å². The number of benzene rings is 2. The molecule has 0 saturated carbocycles. The van der Waals surface area contributed by atoms with Crippen LogP contribution in [0.25, 0.3) is 0 Å². The molecule has 1 aliphatic rings. The van der Waals surface area contributed by atoms with Crippen molar-refractivity contribution in [2.24, 2.45) is 0 Å². The van der Waals surface area contributed by atoms with Gasteiger partial charge in [0.1, 0.15) is 12.4 Å². The third kappa shape index (κ3) is 5.86. The summed E-state index contributed by atoms with van der Waals surface area (Å²) < 4.78 is 6.02. The number of ether oxygens (including phenoxy) is 1. The smallest absolute Gasteiger partial charge is 0.221 e. The summed E-state index contributed by atoms with van der Waals surface area (Å²) in [6, 6.07) is 19.3. The molecular formula is C22H26ClNO2. The van der Waals surface area contributed by atoms with Crippen molar-refractivity contribution in [1.29, 1.82) is 0 Å². The van der Waals surface area contributed by atoms with Crippen molar-refractivity contribution >= 4 is 16.8 Å². The van der Waals surface area contributed by atoms with Gasteiger partial charge in [-0.15, -0.1) is 0 Å². The molecule has 0 bridgehead atoms. The fourth-order valence-electron chi connectivity index (χ4n) is 3.53. The lowest BCUT2D eigenvalue weighted by Crippen LogP contribution is -2.35. The first-order chi connectivity index (χ1) is 12.7. The fraction of sp³-hybridized carbons (Fsp3) is 0.409. The quantitative estimate of drug-likeness (QED) is 0.600. The van der Waals surface area contributed by atoms with E-state index in [2.05, 4.69) is 53.4 Å². The zero-order valence-corrected chi connectivity index (χ0v) is 15.8. The molecule has 26 heavy (non-hydrogen) atoms. The number of hydrogen-bond donors (Lipinski definition) is 0. The van der Waals surface area contributed by atoms with E-state index in [4.69, 9.17) is 16.3 Å². The highest BCUT2D eigenvalue weighted by atomic mass is 35.5. The third-order valence-electron chi connectivity index (χ3n) is 4.93. The number of rotatable bonds is 9. The first kappa shape index (κ1) is 18.9. The molecule has 1 aliphatic heterocycles. The first-order valence-corrected chi connectivity index (χ1v) is 9.76. The molecule has 2 aromatic carbocycles. The molecule has 0 N–H and O–H groups in total. The first-order valence-electron chi connectivity index (χ1n) is 9.39. The van der Waals surface area contributed by atoms with Crippen LogP contribution in [0.3, 0.4) is 0 Å². The van der Waals surface area contributed by atoms with Crippen LogP contribution in [-0.2, 0) is 11.2 Å². The second kappa shape index (κ2) is 9.75. The minimum atomic E-state index is -0.243. The zero-order valence-electron chi connectivity index (χ0n) is 15.1. The highest BCUT2D eigenvalue weighted by molar-refractivity contribution is 6.63. The van der Waals surface area contributed by atoms with Gasteiger partial charge in [-0.3, -0.25) is 9.69 Å². The summed E-state index contributed by atoms with van der Waals surface area (Å²) in [6.07, 6.45) is 4.57. The molecule has 2 aromatic rings. The SMILES string of the molecule is O=C(Cl)CCCN1CCC[C@@H]1COc1ccc(Cc2ccccc2)cc1. The molecule has 1 heterocycles. The van der Waals surface area contributed by atoms with E-state index in [1.165, 1.54) is 17.5 Å². The van der Waals surface area contributed by atoms with E-state index in [9.17, 15) is 4.79 Å². The largest absolute Gasteiger partial charge is 0.492 e. The Labute approximate surface area is 160 Å². The van der Waals surface area contributed by atoms with Crippen molar-refractivity contribution in [3.05, 3.63) is 65.7 Å². The Morgan fingerprint density at radius 1 is 1.08 bits per heavy atom. The van der Waals surface area contributed by atoms with Crippen molar-refractivity contribution in [3.8, 4) is 5.75 Å². The van der Waals surface area contributed by atoms with Gasteiger partial charge in [0.25, 0.3) is 0 Å². The van der Waals surface area contributed by atoms with E-state index in [0.29, 0.717) is 19.1 Å². The molecule has 3 rings (SSSR count). The fourth-order valence-corrected chi connectivity index (χ4v) is 3.66. The molecule has 1 fully saturated rings. The second-order valence-corrected chi connectivity index (χ2v) is 7.33. The van der Waals surface area contributed by atoms with Crippen LogP contribution in [0.5, 0.6) is 5.75 Å². The average Bonchev–Trinajstić information content (AvgIpc) is 3.09. The van der Waals surface area contributed by atoms with Crippen molar-refractivity contribution in [1.82, 2.24) is 4.90 Å². The summed E-state index contributed by atoms with van der Waals surface area (Å²) in [5.41, 5.74) is 2.61. The minimum Gasteiger partial charge on any atom is -0.492 e. The standard InChI is InChI=1S/C22H26ClNO2/c23-22(25)9-5-15-24-14-4-8-20(24)17-26-21-12-10-19(11-13-21)16-18-6-2-1-3-7-18/h1-3,6-7,10-13,20H,4-5,8-9,14-17H2/t20-/m1/s1. The van der Waals surface area contributed by atoms with E-state index in [0.717, 1.165) is 38.1 Å². The monoisotopic (exact) mass is 371 g/mol. The predicted molar refractivity (Wildman–Crippen MR) is 106 cm³/mol. The Kier molecular flexibility index (Phi) is 7.10. The Morgan fingerprint density at radius 2 is 1.81 bits per heavy atom. The maximum Gasteiger partial charge on any atom is 0.221 e. The van der Waals surface area contributed by atoms with Gasteiger partial charge in [-0.25, -0.2) is 0 Å². The van der Waals surface area contributed by atoms with Crippen molar-refractivity contribution in [2.75, 3.05) is 19.7 Å². The molecule has 1 saturated heterocycles. The Bertz CT molecular complexity index is 687. The van der Waals surface area contributed by atoms with E-state index >= 15 is 0 Å². The van der Waals surface area contributed by atoms with Crippen molar-refractivity contribution in [3.63, 3.8) is 0 Å². The second-order valence-electron chi connectivity index (χ2n) is 6.91. The van der Waals surface area contributed by atoms with Crippen LogP contribution in [0, 0.1) is 0 Å². The summed E-state index contributed by atoms with van der Waals surface area (Å²) in [5.74, 6) is 0.921. The van der Waals surface area contributed by atoms with E-state index in [1.54, 1.807) is 0 Å². The highest BCUT2D eigenvalue weighted by Gasteiger charge is 2.24. The maximum absolute atomic E-state index is 10.9. The number of carbonyl (C=O) groups is 1. The minimum absolute atomic E-state index is 0.243. The van der Waals surface area contributed by atoms with Gasteiger partial charge < -0.3 is 4.74 Å². The molecule has 0 amide bonds. The van der Waals surface area contributed by atoms with Gasteiger partial charge in [0.05, 0.1) is 0 Å². The Hall–Kier alpha value is -1.84. The van der Waals surface area contributed by atoms with Crippen LogP contribution < -0.4 is 4.74 Å². The average molecular weight is 372 g/mol. The van der Waals surface area contributed by atoms with Gasteiger partial charge in [-0.2, -0.15) is 0 Å². The normalized spacial score (nSPS) is 17.3. The molecule has 0 aromatic heterocycles. The van der Waals surface area contributed by atoms with Crippen LogP contribution in [0.4, 0.5) is 0 Å². The number of hydrogen-bond acceptors (Lipinski definition) is 3. The van der Waals surface area contributed by atoms with Gasteiger partial charge in [-0.05, 0) is 73.6 Å². The van der Waals surface area contributed by atoms with E-state index in [-0.39, 0.29) is 5.24 Å². The maximum atomic E-state index is 10.9. The molecular weight excluding hydrogens is 346 g/mol. The van der Waals surface area contributed by atoms with Gasteiger partial charge in [0.2, 0.25) is 5.24 Å². The van der Waals surface area contributed by atoms with Gasteiger partial charge in [0, 0.05) is 12.5 Å². The van der Waals surface area contributed by atoms with Gasteiger partial charge in [0.15, 0.2) is 0 Å². The summed E-state index contributed by atoms with van der Waals surface area (Å²) in [6.45, 7) is 2.70. The topological polar surface area (TPSA) is 29.5 Å². The molecule has 0 aliphatic carbocycles. The van der Waals surface area contributed by atoms with Crippen LogP contribution >= 0.6 is 11.6 Å². The zero-order chi connectivity index (χ0) is 18.2. The Balaban J connectivity index is 1.46. The number of likely N-dealkylation sites (tertiary alicyclic amines) is 1. The van der Waals surface area contributed by atoms with Crippen LogP contribution in [0.15, 0.2) is 54.6 Å². The molecule has 1 atom stereocenters. The Morgan fingerprint density at radius 3 is 2.54 bits per heavy atom. The predicted octanol–water partition coefficient (Wildman–Crippen LogP) is 4.67. The van der Waals surface area contributed by atoms with Crippen LogP contribution in [0.1, 0.15) is 36.8 Å². The van der Waals surface area contributed by atoms with Crippen molar-refractivity contribution in [2.45, 2.75) is 38.1 Å². The number of carbonyl (C=O) groups excluding carboxylic acids is 1. The molecule has 0 radical (unpaired) electrons. The summed E-state index contributed by atoms with van der Waals surface area (Å²) in [5, 5.41) is -0.243. The van der Waals surface area contributed by atoms with Crippen molar-refractivity contribution < 1.29 is 9.53 Å². The lowest BCUT2D eigenvalue weighted by Gasteiger charge is -2.24. The summed E-state index contributed by atoms with van der Waals surface area (Å²) >= 11 is 5.42. The van der Waals surface area contributed by atoms with Gasteiger partial charge in [-0.1, -0.05) is 42.5 Å². The molecule has 138 valence electrons. The van der Waals surface area contributed by atoms with E-state index in [1.807, 2.05) is 6.07 Å². The molecule has 0 unspecified atom stereocenters. The summed E-state index contributed by atoms with van der Waals surface area (Å²) in [7, 11) is 0. The van der Waals surface area contributed by atoms with Crippen LogP contribution in [0.2, 0.25) is 0 Å². The van der Waals surface area contributed by atoms with Crippen LogP contribution in [-0.4, -0.2) is 35.9 Å². The number of halogens is 1. The molecule has 4 heteroatoms. The number of nitrogens with zero attached hydrogens (tertiary/aromatic N) is 1. The van der Waals surface area contributed by atoms with E-state index < -0.39 is 0 Å². The lowest BCUT2D eigenvalue weighted by atomic mass is 10.1. The highest BCUT2D eigenvalue weighted by Crippen LogP contribution is 2.21. The molecule has 3 nitrogen and oxygen atoms in total.